The molecule has 5 nitrogen and oxygen atoms in total. The molecule has 1 saturated carbocycles. The van der Waals surface area contributed by atoms with Crippen LogP contribution in [-0.2, 0) is 4.79 Å². The highest BCUT2D eigenvalue weighted by molar-refractivity contribution is 5.84. The maximum Gasteiger partial charge on any atom is 0.243 e. The summed E-state index contributed by atoms with van der Waals surface area (Å²) in [6.45, 7) is 4.17. The van der Waals surface area contributed by atoms with Crippen LogP contribution < -0.4 is 10.6 Å². The molecule has 0 aromatic rings. The van der Waals surface area contributed by atoms with Crippen LogP contribution in [0.5, 0.6) is 0 Å². The van der Waals surface area contributed by atoms with Crippen LogP contribution in [0.3, 0.4) is 0 Å². The molecule has 0 heterocycles. The number of aliphatic imine (C=N–C) groups is 1. The van der Waals surface area contributed by atoms with Crippen molar-refractivity contribution in [2.75, 3.05) is 33.7 Å². The van der Waals surface area contributed by atoms with Gasteiger partial charge in [0.25, 0.3) is 0 Å². The second kappa shape index (κ2) is 9.61. The number of carbonyl (C=O) groups excluding carboxylic acids is 1. The molecular formula is C15H30N4O. The highest BCUT2D eigenvalue weighted by atomic mass is 16.2. The SMILES string of the molecule is CCCNC(=NCC(=O)N(C)C)NCC1CCCCC1. The first-order chi connectivity index (χ1) is 9.63. The van der Waals surface area contributed by atoms with E-state index in [2.05, 4.69) is 22.5 Å². The van der Waals surface area contributed by atoms with E-state index in [0.717, 1.165) is 31.4 Å². The normalized spacial score (nSPS) is 16.9. The number of hydrogen-bond donors (Lipinski definition) is 2. The summed E-state index contributed by atoms with van der Waals surface area (Å²) in [6, 6.07) is 0. The lowest BCUT2D eigenvalue weighted by Gasteiger charge is -2.23. The summed E-state index contributed by atoms with van der Waals surface area (Å²) in [5.74, 6) is 1.55. The van der Waals surface area contributed by atoms with Gasteiger partial charge in [0.1, 0.15) is 6.54 Å². The third kappa shape index (κ3) is 6.78. The molecule has 1 amide bonds. The highest BCUT2D eigenvalue weighted by Gasteiger charge is 2.13. The van der Waals surface area contributed by atoms with Gasteiger partial charge < -0.3 is 15.5 Å². The van der Waals surface area contributed by atoms with Crippen molar-refractivity contribution in [3.8, 4) is 0 Å². The fraction of sp³-hybridized carbons (Fsp3) is 0.867. The lowest BCUT2D eigenvalue weighted by molar-refractivity contribution is -0.127. The zero-order chi connectivity index (χ0) is 14.8. The number of amides is 1. The summed E-state index contributed by atoms with van der Waals surface area (Å²) in [6.07, 6.45) is 7.74. The lowest BCUT2D eigenvalue weighted by Crippen LogP contribution is -2.41. The molecule has 0 radical (unpaired) electrons. The minimum atomic E-state index is 0.0280. The highest BCUT2D eigenvalue weighted by Crippen LogP contribution is 2.22. The molecule has 1 fully saturated rings. The number of guanidine groups is 1. The number of carbonyl (C=O) groups is 1. The van der Waals surface area contributed by atoms with Gasteiger partial charge in [-0.25, -0.2) is 4.99 Å². The van der Waals surface area contributed by atoms with Crippen LogP contribution in [0.4, 0.5) is 0 Å². The van der Waals surface area contributed by atoms with Crippen LogP contribution in [0.15, 0.2) is 4.99 Å². The Morgan fingerprint density at radius 3 is 2.50 bits per heavy atom. The van der Waals surface area contributed by atoms with E-state index in [1.54, 1.807) is 19.0 Å². The Kier molecular flexibility index (Phi) is 8.07. The topological polar surface area (TPSA) is 56.7 Å². The fourth-order valence-electron chi connectivity index (χ4n) is 2.34. The van der Waals surface area contributed by atoms with Gasteiger partial charge in [-0.05, 0) is 25.2 Å². The van der Waals surface area contributed by atoms with Crippen molar-refractivity contribution in [1.82, 2.24) is 15.5 Å². The molecule has 1 aliphatic carbocycles. The zero-order valence-corrected chi connectivity index (χ0v) is 13.2. The first kappa shape index (κ1) is 16.8. The van der Waals surface area contributed by atoms with Gasteiger partial charge in [0.15, 0.2) is 5.96 Å². The van der Waals surface area contributed by atoms with Crippen LogP contribution in [0.1, 0.15) is 45.4 Å². The maximum atomic E-state index is 11.6. The molecule has 1 rings (SSSR count). The van der Waals surface area contributed by atoms with E-state index in [1.807, 2.05) is 0 Å². The Bertz CT molecular complexity index is 309. The molecule has 0 saturated heterocycles. The van der Waals surface area contributed by atoms with Crippen molar-refractivity contribution in [2.24, 2.45) is 10.9 Å². The lowest BCUT2D eigenvalue weighted by atomic mass is 9.89. The molecule has 20 heavy (non-hydrogen) atoms. The smallest absolute Gasteiger partial charge is 0.243 e. The van der Waals surface area contributed by atoms with Gasteiger partial charge in [0, 0.05) is 27.2 Å². The van der Waals surface area contributed by atoms with E-state index in [4.69, 9.17) is 0 Å². The number of nitrogens with zero attached hydrogens (tertiary/aromatic N) is 2. The molecule has 116 valence electrons. The van der Waals surface area contributed by atoms with E-state index in [0.29, 0.717) is 0 Å². The molecule has 1 aliphatic rings. The summed E-state index contributed by atoms with van der Waals surface area (Å²) in [5, 5.41) is 6.66. The van der Waals surface area contributed by atoms with Crippen molar-refractivity contribution < 1.29 is 4.79 Å². The standard InChI is InChI=1S/C15H30N4O/c1-4-10-16-15(18-12-14(20)19(2)3)17-11-13-8-6-5-7-9-13/h13H,4-12H2,1-3H3,(H2,16,17,18). The van der Waals surface area contributed by atoms with E-state index >= 15 is 0 Å². The van der Waals surface area contributed by atoms with Crippen molar-refractivity contribution in [3.05, 3.63) is 0 Å². The Morgan fingerprint density at radius 2 is 1.90 bits per heavy atom. The van der Waals surface area contributed by atoms with Crippen LogP contribution in [0.25, 0.3) is 0 Å². The van der Waals surface area contributed by atoms with Crippen LogP contribution in [0, 0.1) is 5.92 Å². The fourth-order valence-corrected chi connectivity index (χ4v) is 2.34. The van der Waals surface area contributed by atoms with Gasteiger partial charge in [-0.15, -0.1) is 0 Å². The van der Waals surface area contributed by atoms with Crippen molar-refractivity contribution in [2.45, 2.75) is 45.4 Å². The minimum Gasteiger partial charge on any atom is -0.356 e. The third-order valence-corrected chi connectivity index (χ3v) is 3.70. The van der Waals surface area contributed by atoms with E-state index in [9.17, 15) is 4.79 Å². The Labute approximate surface area is 123 Å². The molecular weight excluding hydrogens is 252 g/mol. The zero-order valence-electron chi connectivity index (χ0n) is 13.2. The average Bonchev–Trinajstić information content (AvgIpc) is 2.47. The number of hydrogen-bond acceptors (Lipinski definition) is 2. The first-order valence-corrected chi connectivity index (χ1v) is 7.85. The molecule has 0 spiro atoms. The quantitative estimate of drug-likeness (QED) is 0.575. The van der Waals surface area contributed by atoms with Gasteiger partial charge >= 0.3 is 0 Å². The second-order valence-corrected chi connectivity index (χ2v) is 5.76. The number of likely N-dealkylation sites (N-methyl/N-ethyl adjacent to an activating group) is 1. The van der Waals surface area contributed by atoms with Crippen molar-refractivity contribution in [1.29, 1.82) is 0 Å². The van der Waals surface area contributed by atoms with Crippen molar-refractivity contribution >= 4 is 11.9 Å². The van der Waals surface area contributed by atoms with Crippen LogP contribution in [0.2, 0.25) is 0 Å². The minimum absolute atomic E-state index is 0.0280. The first-order valence-electron chi connectivity index (χ1n) is 7.85. The Balaban J connectivity index is 2.41. The van der Waals surface area contributed by atoms with Crippen molar-refractivity contribution in [3.63, 3.8) is 0 Å². The molecule has 2 N–H and O–H groups in total. The molecule has 0 unspecified atom stereocenters. The summed E-state index contributed by atoms with van der Waals surface area (Å²) in [5.41, 5.74) is 0. The van der Waals surface area contributed by atoms with Crippen LogP contribution >= 0.6 is 0 Å². The van der Waals surface area contributed by atoms with Gasteiger partial charge in [-0.3, -0.25) is 4.79 Å². The molecule has 0 aromatic heterocycles. The van der Waals surface area contributed by atoms with Gasteiger partial charge in [-0.1, -0.05) is 26.2 Å². The number of rotatable bonds is 6. The van der Waals surface area contributed by atoms with Gasteiger partial charge in [-0.2, -0.15) is 0 Å². The predicted molar refractivity (Wildman–Crippen MR) is 83.9 cm³/mol. The molecule has 0 bridgehead atoms. The maximum absolute atomic E-state index is 11.6. The molecule has 5 heteroatoms. The van der Waals surface area contributed by atoms with Gasteiger partial charge in [0.2, 0.25) is 5.91 Å². The Hall–Kier alpha value is -1.26. The summed E-state index contributed by atoms with van der Waals surface area (Å²) in [7, 11) is 3.51. The molecule has 0 atom stereocenters. The summed E-state index contributed by atoms with van der Waals surface area (Å²) < 4.78 is 0. The predicted octanol–water partition coefficient (Wildman–Crippen LogP) is 1.60. The van der Waals surface area contributed by atoms with E-state index in [-0.39, 0.29) is 12.5 Å². The Morgan fingerprint density at radius 1 is 1.20 bits per heavy atom. The summed E-state index contributed by atoms with van der Waals surface area (Å²) in [4.78, 5) is 17.5. The second-order valence-electron chi connectivity index (χ2n) is 5.76. The monoisotopic (exact) mass is 282 g/mol. The summed E-state index contributed by atoms with van der Waals surface area (Å²) >= 11 is 0. The molecule has 0 aliphatic heterocycles. The van der Waals surface area contributed by atoms with Gasteiger partial charge in [0.05, 0.1) is 0 Å². The van der Waals surface area contributed by atoms with Crippen LogP contribution in [-0.4, -0.2) is 50.5 Å². The average molecular weight is 282 g/mol. The number of nitrogens with one attached hydrogen (secondary N) is 2. The molecule has 0 aromatic carbocycles. The van der Waals surface area contributed by atoms with E-state index in [1.165, 1.54) is 32.1 Å². The largest absolute Gasteiger partial charge is 0.356 e. The third-order valence-electron chi connectivity index (χ3n) is 3.70. The van der Waals surface area contributed by atoms with E-state index < -0.39 is 0 Å².